The molecule has 2 atom stereocenters. The summed E-state index contributed by atoms with van der Waals surface area (Å²) in [6, 6.07) is 133. The second-order valence-electron chi connectivity index (χ2n) is 44.2. The molecule has 3 aromatic heterocycles. The Morgan fingerprint density at radius 3 is 0.791 bits per heavy atom. The number of pyridine rings is 3. The Balaban J connectivity index is 0.899. The second-order valence-corrected chi connectivity index (χ2v) is 44.2. The molecule has 2 unspecified atom stereocenters. The molecular weight excluding hydrogens is 1620 g/mol. The third-order valence-corrected chi connectivity index (χ3v) is 28.3. The first-order valence-electron chi connectivity index (χ1n) is 48.5. The van der Waals surface area contributed by atoms with E-state index in [2.05, 4.69) is 497 Å². The number of benzene rings is 14. The number of aryl methyl sites for hydroxylation is 2. The normalized spacial score (nSPS) is 14.6. The minimum absolute atomic E-state index is 0.0426. The Morgan fingerprint density at radius 1 is 0.179 bits per heavy atom. The van der Waals surface area contributed by atoms with Gasteiger partial charge in [0.25, 0.3) is 0 Å². The summed E-state index contributed by atoms with van der Waals surface area (Å²) in [5, 5.41) is 0. The van der Waals surface area contributed by atoms with Crippen molar-refractivity contribution in [1.82, 2.24) is 15.0 Å². The Kier molecular flexibility index (Phi) is 24.8. The number of aromatic nitrogens is 3. The van der Waals surface area contributed by atoms with Gasteiger partial charge in [-0.1, -0.05) is 410 Å². The molecule has 1 aliphatic carbocycles. The molecule has 0 saturated heterocycles. The van der Waals surface area contributed by atoms with Gasteiger partial charge >= 0.3 is 0 Å². The van der Waals surface area contributed by atoms with Gasteiger partial charge in [0, 0.05) is 46.4 Å². The molecule has 1 fully saturated rings. The van der Waals surface area contributed by atoms with Gasteiger partial charge in [-0.25, -0.2) is 0 Å². The smallest absolute Gasteiger partial charge is 0.0705 e. The Bertz CT molecular complexity index is 6880. The van der Waals surface area contributed by atoms with Crippen LogP contribution in [0.1, 0.15) is 223 Å². The van der Waals surface area contributed by atoms with Crippen molar-refractivity contribution in [3.05, 3.63) is 426 Å². The van der Waals surface area contributed by atoms with E-state index in [4.69, 9.17) is 15.0 Å². The first-order valence-corrected chi connectivity index (χ1v) is 48.5. The summed E-state index contributed by atoms with van der Waals surface area (Å²) in [6.07, 6.45) is 8.88. The van der Waals surface area contributed by atoms with Crippen molar-refractivity contribution in [2.75, 3.05) is 0 Å². The fourth-order valence-electron chi connectivity index (χ4n) is 20.3. The van der Waals surface area contributed by atoms with Crippen molar-refractivity contribution in [3.63, 3.8) is 0 Å². The highest BCUT2D eigenvalue weighted by Crippen LogP contribution is 2.57. The maximum atomic E-state index is 5.40. The van der Waals surface area contributed by atoms with Crippen LogP contribution in [0.15, 0.2) is 364 Å². The fraction of sp³-hybridized carbons (Fsp3) is 0.244. The second kappa shape index (κ2) is 36.5. The molecular formula is C131H129N3. The number of rotatable bonds is 17. The van der Waals surface area contributed by atoms with E-state index in [0.29, 0.717) is 0 Å². The summed E-state index contributed by atoms with van der Waals surface area (Å²) in [6.45, 7) is 46.9. The highest BCUT2D eigenvalue weighted by atomic mass is 14.7. The van der Waals surface area contributed by atoms with Crippen LogP contribution in [0.3, 0.4) is 0 Å². The minimum atomic E-state index is -0.197. The molecule has 18 rings (SSSR count). The van der Waals surface area contributed by atoms with E-state index in [1.807, 2.05) is 6.20 Å². The molecule has 0 N–H and O–H groups in total. The van der Waals surface area contributed by atoms with Crippen LogP contribution in [-0.2, 0) is 32.5 Å². The van der Waals surface area contributed by atoms with Crippen molar-refractivity contribution in [2.45, 2.75) is 208 Å². The van der Waals surface area contributed by atoms with Crippen LogP contribution in [0.25, 0.3) is 156 Å². The molecule has 0 spiro atoms. The van der Waals surface area contributed by atoms with E-state index in [1.54, 1.807) is 0 Å². The van der Waals surface area contributed by atoms with Crippen LogP contribution in [0.4, 0.5) is 0 Å². The van der Waals surface area contributed by atoms with Crippen LogP contribution in [-0.4, -0.2) is 15.0 Å². The van der Waals surface area contributed by atoms with Gasteiger partial charge in [0.2, 0.25) is 0 Å². The summed E-state index contributed by atoms with van der Waals surface area (Å²) in [4.78, 5) is 16.0. The van der Waals surface area contributed by atoms with E-state index in [0.717, 1.165) is 75.3 Å². The van der Waals surface area contributed by atoms with E-state index in [1.165, 1.54) is 161 Å². The van der Waals surface area contributed by atoms with Crippen molar-refractivity contribution in [3.8, 4) is 156 Å². The van der Waals surface area contributed by atoms with Gasteiger partial charge < -0.3 is 0 Å². The molecule has 134 heavy (non-hydrogen) atoms. The van der Waals surface area contributed by atoms with E-state index in [9.17, 15) is 0 Å². The zero-order valence-corrected chi connectivity index (χ0v) is 82.3. The quantitative estimate of drug-likeness (QED) is 0.0912. The molecule has 1 saturated carbocycles. The number of hydrogen-bond acceptors (Lipinski definition) is 3. The monoisotopic (exact) mass is 1740 g/mol. The van der Waals surface area contributed by atoms with Crippen molar-refractivity contribution in [1.29, 1.82) is 0 Å². The van der Waals surface area contributed by atoms with Gasteiger partial charge in [0.05, 0.1) is 17.1 Å². The summed E-state index contributed by atoms with van der Waals surface area (Å²) in [7, 11) is 0. The molecule has 668 valence electrons. The lowest BCUT2D eigenvalue weighted by atomic mass is 9.65. The largest absolute Gasteiger partial charge is 0.256 e. The lowest BCUT2D eigenvalue weighted by molar-refractivity contribution is 0.352. The Hall–Kier alpha value is -13.5. The van der Waals surface area contributed by atoms with E-state index < -0.39 is 0 Å². The van der Waals surface area contributed by atoms with Crippen LogP contribution in [0.2, 0.25) is 0 Å². The van der Waals surface area contributed by atoms with Crippen LogP contribution >= 0.6 is 0 Å². The van der Waals surface area contributed by atoms with Crippen molar-refractivity contribution >= 4 is 0 Å². The summed E-state index contributed by atoms with van der Waals surface area (Å²) in [5.41, 5.74) is 45.5. The standard InChI is InChI=1S/C131H129N3/c1-84-62-123(133-82-121(84)89-44-32-24-33-45-89)91-51-56-114(117(76-91)101-65-95(87-40-28-22-29-41-87)71-107(74-101)130(15,16)17)119-79-103(126(3,4)5)53-58-110(119)98-67-97(109-48-36-37-49-112(109)113-55-50-93(125-81-105(60-61-132-125)128(9,10)11)78-116(113)100-64-94(86-38-26-21-27-39-86)70-106(73-100)129(12,13)14)68-99(69-98)111-59-54-104(127(6,7)8)80-120(111)115-57-52-92(124-63-85(2)122(83-134-124)90-46-34-25-35-47-90)77-118(115)102-66-96(88-42-30-23-31-43-88)72-108(75-102)131(18,19)20/h21-66,70-83,97-99H,67-69H2,1-20H3. The molecule has 0 amide bonds. The third-order valence-electron chi connectivity index (χ3n) is 28.3. The van der Waals surface area contributed by atoms with Crippen molar-refractivity contribution < 1.29 is 0 Å². The van der Waals surface area contributed by atoms with E-state index in [-0.39, 0.29) is 50.2 Å². The maximum Gasteiger partial charge on any atom is 0.0705 e. The van der Waals surface area contributed by atoms with Crippen LogP contribution in [0, 0.1) is 13.8 Å². The highest BCUT2D eigenvalue weighted by molar-refractivity contribution is 5.95. The van der Waals surface area contributed by atoms with Crippen LogP contribution < -0.4 is 0 Å². The molecule has 3 nitrogen and oxygen atoms in total. The number of nitrogens with zero attached hydrogens (tertiary/aromatic N) is 3. The Labute approximate surface area is 799 Å². The Morgan fingerprint density at radius 2 is 0.463 bits per heavy atom. The van der Waals surface area contributed by atoms with E-state index >= 15 is 0 Å². The first-order chi connectivity index (χ1) is 64.0. The van der Waals surface area contributed by atoms with Gasteiger partial charge in [0.1, 0.15) is 0 Å². The molecule has 1 aliphatic rings. The lowest BCUT2D eigenvalue weighted by Gasteiger charge is -2.39. The molecule has 0 radical (unpaired) electrons. The van der Waals surface area contributed by atoms with Crippen molar-refractivity contribution in [2.24, 2.45) is 0 Å². The average Bonchev–Trinajstić information content (AvgIpc) is 0.747. The predicted molar refractivity (Wildman–Crippen MR) is 573 cm³/mol. The predicted octanol–water partition coefficient (Wildman–Crippen LogP) is 36.4. The third kappa shape index (κ3) is 19.4. The topological polar surface area (TPSA) is 38.7 Å². The van der Waals surface area contributed by atoms with Gasteiger partial charge in [-0.05, 0) is 316 Å². The summed E-state index contributed by atoms with van der Waals surface area (Å²) >= 11 is 0. The zero-order chi connectivity index (χ0) is 93.9. The van der Waals surface area contributed by atoms with Crippen LogP contribution in [0.5, 0.6) is 0 Å². The fourth-order valence-corrected chi connectivity index (χ4v) is 20.3. The average molecular weight is 1750 g/mol. The molecule has 17 aromatic rings. The highest BCUT2D eigenvalue weighted by Gasteiger charge is 2.38. The molecule has 3 heterocycles. The molecule has 0 bridgehead atoms. The van der Waals surface area contributed by atoms with Gasteiger partial charge in [-0.3, -0.25) is 15.0 Å². The maximum absolute atomic E-state index is 5.40. The summed E-state index contributed by atoms with van der Waals surface area (Å²) in [5.74, 6) is 0.138. The van der Waals surface area contributed by atoms with Gasteiger partial charge in [-0.2, -0.15) is 0 Å². The first kappa shape index (κ1) is 91.0. The molecule has 0 aliphatic heterocycles. The van der Waals surface area contributed by atoms with Gasteiger partial charge in [0.15, 0.2) is 0 Å². The molecule has 14 aromatic carbocycles. The van der Waals surface area contributed by atoms with Gasteiger partial charge in [-0.15, -0.1) is 0 Å². The zero-order valence-electron chi connectivity index (χ0n) is 82.3. The number of hydrogen-bond donors (Lipinski definition) is 0. The summed E-state index contributed by atoms with van der Waals surface area (Å²) < 4.78 is 0. The molecule has 3 heteroatoms. The SMILES string of the molecule is Cc1cc(-c2ccc(-c3cc(C(C)(C)C)ccc3C3CC(c4ccccc4-c4ccc(-c5cc(C(C)(C)C)ccn5)cc4-c4cc(-c5ccccc5)cc(C(C)(C)C)c4)CC(c4ccc(C(C)(C)C)cc4-c4ccc(-c5cc(C)c(-c6ccccc6)cn5)cc4-c4cc(-c5ccccc5)cc(C(C)(C)C)c4)C3)c(-c3cc(-c4ccccc4)cc(C(C)(C)C)c3)c2)ncc1-c1ccccc1. The lowest BCUT2D eigenvalue weighted by Crippen LogP contribution is -2.22. The minimum Gasteiger partial charge on any atom is -0.256 e.